The molecular formula is C23H21ClF4N4O3S. The molecule has 0 radical (unpaired) electrons. The molecule has 0 saturated carbocycles. The predicted molar refractivity (Wildman–Crippen MR) is 126 cm³/mol. The average molecular weight is 545 g/mol. The number of benzene rings is 2. The summed E-state index contributed by atoms with van der Waals surface area (Å²) in [5.74, 6) is -2.07. The first-order valence-electron chi connectivity index (χ1n) is 10.4. The summed E-state index contributed by atoms with van der Waals surface area (Å²) in [4.78, 5) is 16.5. The quantitative estimate of drug-likeness (QED) is 0.367. The highest BCUT2D eigenvalue weighted by Gasteiger charge is 2.33. The molecule has 0 fully saturated rings. The number of halogens is 5. The third-order valence-corrected chi connectivity index (χ3v) is 6.04. The summed E-state index contributed by atoms with van der Waals surface area (Å²) in [6, 6.07) is 12.1. The SMILES string of the molecule is CC(C(=O)NCc1ccc(C(F)(F)F)nc1-c1cccc(Cl)c1)c1ccc(CNS(N)(=O)=O)c(F)c1. The highest BCUT2D eigenvalue weighted by molar-refractivity contribution is 7.87. The molecule has 1 heterocycles. The van der Waals surface area contributed by atoms with Crippen LogP contribution >= 0.6 is 11.6 Å². The summed E-state index contributed by atoms with van der Waals surface area (Å²) in [5, 5.41) is 7.78. The molecule has 1 amide bonds. The summed E-state index contributed by atoms with van der Waals surface area (Å²) in [6.45, 7) is 1.02. The van der Waals surface area contributed by atoms with Crippen molar-refractivity contribution in [1.29, 1.82) is 0 Å². The number of amides is 1. The molecule has 3 aromatic rings. The smallest absolute Gasteiger partial charge is 0.351 e. The van der Waals surface area contributed by atoms with Gasteiger partial charge >= 0.3 is 6.18 Å². The van der Waals surface area contributed by atoms with Crippen LogP contribution in [0.4, 0.5) is 17.6 Å². The first-order valence-corrected chi connectivity index (χ1v) is 12.3. The summed E-state index contributed by atoms with van der Waals surface area (Å²) < 4.78 is 78.1. The van der Waals surface area contributed by atoms with Gasteiger partial charge in [0, 0.05) is 29.2 Å². The third-order valence-electron chi connectivity index (χ3n) is 5.25. The Morgan fingerprint density at radius 2 is 1.78 bits per heavy atom. The molecule has 0 saturated heterocycles. The molecule has 13 heteroatoms. The minimum atomic E-state index is -4.66. The van der Waals surface area contributed by atoms with Crippen molar-refractivity contribution in [2.45, 2.75) is 32.1 Å². The number of carbonyl (C=O) groups excluding carboxylic acids is 1. The van der Waals surface area contributed by atoms with E-state index in [0.717, 1.165) is 12.1 Å². The van der Waals surface area contributed by atoms with E-state index in [-0.39, 0.29) is 24.3 Å². The maximum atomic E-state index is 14.4. The summed E-state index contributed by atoms with van der Waals surface area (Å²) in [5.41, 5.74) is -0.0724. The molecule has 0 aliphatic heterocycles. The summed E-state index contributed by atoms with van der Waals surface area (Å²) >= 11 is 5.99. The van der Waals surface area contributed by atoms with Crippen molar-refractivity contribution in [3.8, 4) is 11.3 Å². The second-order valence-corrected chi connectivity index (χ2v) is 9.68. The third kappa shape index (κ3) is 7.23. The molecule has 4 N–H and O–H groups in total. The molecule has 3 rings (SSSR count). The van der Waals surface area contributed by atoms with Gasteiger partial charge in [0.1, 0.15) is 11.5 Å². The number of nitrogens with two attached hydrogens (primary N) is 1. The molecule has 192 valence electrons. The highest BCUT2D eigenvalue weighted by Crippen LogP contribution is 2.32. The number of pyridine rings is 1. The monoisotopic (exact) mass is 544 g/mol. The first-order chi connectivity index (χ1) is 16.7. The topological polar surface area (TPSA) is 114 Å². The zero-order valence-electron chi connectivity index (χ0n) is 18.7. The zero-order valence-corrected chi connectivity index (χ0v) is 20.3. The number of carbonyl (C=O) groups is 1. The van der Waals surface area contributed by atoms with E-state index in [4.69, 9.17) is 16.7 Å². The zero-order chi connectivity index (χ0) is 26.7. The molecule has 0 bridgehead atoms. The van der Waals surface area contributed by atoms with Crippen LogP contribution in [-0.4, -0.2) is 19.3 Å². The van der Waals surface area contributed by atoms with Crippen LogP contribution in [0.2, 0.25) is 5.02 Å². The van der Waals surface area contributed by atoms with E-state index < -0.39 is 39.7 Å². The van der Waals surface area contributed by atoms with Gasteiger partial charge in [-0.25, -0.2) is 14.5 Å². The highest BCUT2D eigenvalue weighted by atomic mass is 35.5. The van der Waals surface area contributed by atoms with Crippen molar-refractivity contribution in [3.63, 3.8) is 0 Å². The lowest BCUT2D eigenvalue weighted by atomic mass is 9.98. The van der Waals surface area contributed by atoms with E-state index in [1.165, 1.54) is 31.2 Å². The Balaban J connectivity index is 1.78. The van der Waals surface area contributed by atoms with E-state index in [2.05, 4.69) is 10.3 Å². The van der Waals surface area contributed by atoms with E-state index in [0.29, 0.717) is 21.7 Å². The Bertz CT molecular complexity index is 1380. The Hall–Kier alpha value is -3.06. The van der Waals surface area contributed by atoms with Gasteiger partial charge in [0.2, 0.25) is 5.91 Å². The van der Waals surface area contributed by atoms with Gasteiger partial charge in [-0.05, 0) is 42.3 Å². The summed E-state index contributed by atoms with van der Waals surface area (Å²) in [6.07, 6.45) is -4.66. The van der Waals surface area contributed by atoms with Crippen LogP contribution in [0, 0.1) is 5.82 Å². The van der Waals surface area contributed by atoms with Gasteiger partial charge in [-0.3, -0.25) is 4.79 Å². The number of alkyl halides is 3. The van der Waals surface area contributed by atoms with Gasteiger partial charge in [0.25, 0.3) is 10.2 Å². The van der Waals surface area contributed by atoms with Crippen molar-refractivity contribution in [2.24, 2.45) is 5.14 Å². The van der Waals surface area contributed by atoms with Gasteiger partial charge < -0.3 is 5.32 Å². The maximum Gasteiger partial charge on any atom is 0.433 e. The number of rotatable bonds is 8. The van der Waals surface area contributed by atoms with E-state index >= 15 is 0 Å². The molecule has 7 nitrogen and oxygen atoms in total. The lowest BCUT2D eigenvalue weighted by molar-refractivity contribution is -0.141. The average Bonchev–Trinajstić information content (AvgIpc) is 2.80. The Morgan fingerprint density at radius 1 is 1.08 bits per heavy atom. The van der Waals surface area contributed by atoms with Crippen molar-refractivity contribution in [3.05, 3.63) is 87.8 Å². The second kappa shape index (κ2) is 10.9. The normalized spacial score (nSPS) is 12.9. The fourth-order valence-electron chi connectivity index (χ4n) is 3.32. The van der Waals surface area contributed by atoms with E-state index in [1.807, 2.05) is 4.72 Å². The molecule has 36 heavy (non-hydrogen) atoms. The minimum Gasteiger partial charge on any atom is -0.351 e. The lowest BCUT2D eigenvalue weighted by Crippen LogP contribution is -2.30. The predicted octanol–water partition coefficient (Wildman–Crippen LogP) is 4.27. The number of aromatic nitrogens is 1. The van der Waals surface area contributed by atoms with Gasteiger partial charge in [-0.2, -0.15) is 26.3 Å². The van der Waals surface area contributed by atoms with Gasteiger partial charge in [0.05, 0.1) is 11.6 Å². The van der Waals surface area contributed by atoms with Crippen LogP contribution in [0.3, 0.4) is 0 Å². The minimum absolute atomic E-state index is 0.0121. The Labute approximate surface area is 209 Å². The summed E-state index contributed by atoms with van der Waals surface area (Å²) in [7, 11) is -4.01. The number of hydrogen-bond donors (Lipinski definition) is 3. The standard InChI is InChI=1S/C23H21ClF4N4O3S/c1-13(14-5-6-16(19(25)10-14)12-31-36(29,34)35)22(33)30-11-17-7-8-20(23(26,27)28)32-21(17)15-3-2-4-18(24)9-15/h2-10,13,31H,11-12H2,1H3,(H,30,33)(H2,29,34,35). The number of hydrogen-bond acceptors (Lipinski definition) is 4. The van der Waals surface area contributed by atoms with Crippen LogP contribution in [0.5, 0.6) is 0 Å². The van der Waals surface area contributed by atoms with Gasteiger partial charge in [-0.1, -0.05) is 41.9 Å². The van der Waals surface area contributed by atoms with Crippen molar-refractivity contribution >= 4 is 27.7 Å². The molecule has 0 spiro atoms. The van der Waals surface area contributed by atoms with Crippen LogP contribution in [0.15, 0.2) is 54.6 Å². The molecule has 0 aliphatic rings. The number of nitrogens with one attached hydrogen (secondary N) is 2. The van der Waals surface area contributed by atoms with Gasteiger partial charge in [0.15, 0.2) is 0 Å². The molecule has 1 atom stereocenters. The van der Waals surface area contributed by atoms with E-state index in [1.54, 1.807) is 18.2 Å². The fourth-order valence-corrected chi connectivity index (χ4v) is 3.86. The van der Waals surface area contributed by atoms with Crippen LogP contribution in [-0.2, 0) is 34.3 Å². The lowest BCUT2D eigenvalue weighted by Gasteiger charge is -2.16. The van der Waals surface area contributed by atoms with E-state index in [9.17, 15) is 30.8 Å². The first kappa shape index (κ1) is 27.5. The van der Waals surface area contributed by atoms with Crippen LogP contribution in [0.1, 0.15) is 35.2 Å². The molecule has 2 aromatic carbocycles. The molecular weight excluding hydrogens is 524 g/mol. The van der Waals surface area contributed by atoms with Crippen LogP contribution in [0.25, 0.3) is 11.3 Å². The fraction of sp³-hybridized carbons (Fsp3) is 0.217. The van der Waals surface area contributed by atoms with Crippen molar-refractivity contribution in [2.75, 3.05) is 0 Å². The largest absolute Gasteiger partial charge is 0.433 e. The van der Waals surface area contributed by atoms with Gasteiger partial charge in [-0.15, -0.1) is 0 Å². The maximum absolute atomic E-state index is 14.4. The molecule has 1 aromatic heterocycles. The Kier molecular flexibility index (Phi) is 8.34. The van der Waals surface area contributed by atoms with Crippen LogP contribution < -0.4 is 15.2 Å². The molecule has 1 unspecified atom stereocenters. The second-order valence-electron chi connectivity index (χ2n) is 7.87. The number of nitrogens with zero attached hydrogens (tertiary/aromatic N) is 1. The van der Waals surface area contributed by atoms with Crippen molar-refractivity contribution < 1.29 is 30.8 Å². The Morgan fingerprint density at radius 3 is 2.39 bits per heavy atom. The molecule has 0 aliphatic carbocycles. The van der Waals surface area contributed by atoms with Crippen molar-refractivity contribution in [1.82, 2.24) is 15.0 Å².